The van der Waals surface area contributed by atoms with E-state index in [1.165, 1.54) is 5.56 Å². The highest BCUT2D eigenvalue weighted by atomic mass is 35.5. The number of halogens is 1. The van der Waals surface area contributed by atoms with E-state index in [1.54, 1.807) is 4.31 Å². The smallest absolute Gasteiger partial charge is 0.214 e. The van der Waals surface area contributed by atoms with Crippen LogP contribution < -0.4 is 5.73 Å². The molecule has 0 bridgehead atoms. The lowest BCUT2D eigenvalue weighted by Gasteiger charge is -2.19. The number of hydrogen-bond donors (Lipinski definition) is 1. The van der Waals surface area contributed by atoms with Crippen molar-refractivity contribution < 1.29 is 8.42 Å². The topological polar surface area (TPSA) is 63.4 Å². The van der Waals surface area contributed by atoms with Gasteiger partial charge in [0.25, 0.3) is 0 Å². The van der Waals surface area contributed by atoms with Gasteiger partial charge in [0.05, 0.1) is 5.75 Å². The zero-order valence-electron chi connectivity index (χ0n) is 14.0. The molecule has 1 fully saturated rings. The molecule has 0 aliphatic carbocycles. The molecule has 1 saturated heterocycles. The van der Waals surface area contributed by atoms with Gasteiger partial charge in [-0.3, -0.25) is 0 Å². The Morgan fingerprint density at radius 2 is 1.91 bits per heavy atom. The monoisotopic (exact) mass is 360 g/mol. The molecule has 23 heavy (non-hydrogen) atoms. The maximum Gasteiger partial charge on any atom is 0.214 e. The fourth-order valence-electron chi connectivity index (χ4n) is 3.42. The van der Waals surface area contributed by atoms with Crippen molar-refractivity contribution in [1.82, 2.24) is 4.31 Å². The number of benzene rings is 1. The predicted octanol–water partition coefficient (Wildman–Crippen LogP) is 2.85. The van der Waals surface area contributed by atoms with Gasteiger partial charge in [0, 0.05) is 19.0 Å². The van der Waals surface area contributed by atoms with Crippen LogP contribution in [0.5, 0.6) is 0 Å². The quantitative estimate of drug-likeness (QED) is 0.813. The van der Waals surface area contributed by atoms with Crippen LogP contribution in [0.1, 0.15) is 38.2 Å². The van der Waals surface area contributed by atoms with Crippen LogP contribution >= 0.6 is 12.4 Å². The van der Waals surface area contributed by atoms with Gasteiger partial charge in [-0.1, -0.05) is 50.6 Å². The highest BCUT2D eigenvalue weighted by molar-refractivity contribution is 7.89. The summed E-state index contributed by atoms with van der Waals surface area (Å²) in [4.78, 5) is 0. The molecule has 132 valence electrons. The Morgan fingerprint density at radius 3 is 2.48 bits per heavy atom. The van der Waals surface area contributed by atoms with E-state index in [9.17, 15) is 8.42 Å². The first-order valence-electron chi connectivity index (χ1n) is 8.20. The Morgan fingerprint density at radius 1 is 1.26 bits per heavy atom. The van der Waals surface area contributed by atoms with Crippen molar-refractivity contribution in [2.75, 3.05) is 25.4 Å². The van der Waals surface area contributed by atoms with Crippen LogP contribution in [0.2, 0.25) is 0 Å². The molecule has 1 aromatic rings. The van der Waals surface area contributed by atoms with E-state index >= 15 is 0 Å². The standard InChI is InChI=1S/C17H28N2O2S.ClH/c1-3-7-14(2)13-22(20,21)19-11-16(10-18)17(12-19)15-8-5-4-6-9-15;/h4-6,8-9,14,16-17H,3,7,10-13,18H2,1-2H3;1H/t14?,16-,17+;/m1./s1. The molecule has 0 saturated carbocycles. The second-order valence-electron chi connectivity index (χ2n) is 6.50. The molecule has 3 atom stereocenters. The SMILES string of the molecule is CCCC(C)CS(=O)(=O)N1C[C@@H](CN)[C@H](c2ccccc2)C1.Cl. The Kier molecular flexibility index (Phi) is 8.01. The first kappa shape index (κ1) is 20.4. The summed E-state index contributed by atoms with van der Waals surface area (Å²) < 4.78 is 26.9. The maximum absolute atomic E-state index is 12.6. The zero-order chi connectivity index (χ0) is 16.2. The molecule has 2 rings (SSSR count). The Labute approximate surface area is 146 Å². The third-order valence-corrected chi connectivity index (χ3v) is 6.68. The van der Waals surface area contributed by atoms with Crippen LogP contribution in [0.15, 0.2) is 30.3 Å². The summed E-state index contributed by atoms with van der Waals surface area (Å²) in [6, 6.07) is 10.1. The van der Waals surface area contributed by atoms with Crippen molar-refractivity contribution in [1.29, 1.82) is 0 Å². The van der Waals surface area contributed by atoms with Crippen molar-refractivity contribution in [2.45, 2.75) is 32.6 Å². The fourth-order valence-corrected chi connectivity index (χ4v) is 5.32. The van der Waals surface area contributed by atoms with Crippen molar-refractivity contribution in [3.05, 3.63) is 35.9 Å². The number of rotatable bonds is 7. The molecule has 1 unspecified atom stereocenters. The highest BCUT2D eigenvalue weighted by Crippen LogP contribution is 2.34. The van der Waals surface area contributed by atoms with Gasteiger partial charge in [-0.2, -0.15) is 0 Å². The molecule has 1 heterocycles. The number of sulfonamides is 1. The molecule has 0 spiro atoms. The first-order chi connectivity index (χ1) is 10.5. The third kappa shape index (κ3) is 5.18. The van der Waals surface area contributed by atoms with E-state index in [-0.39, 0.29) is 35.9 Å². The van der Waals surface area contributed by atoms with Gasteiger partial charge in [-0.15, -0.1) is 12.4 Å². The molecule has 4 nitrogen and oxygen atoms in total. The van der Waals surface area contributed by atoms with Gasteiger partial charge in [-0.25, -0.2) is 12.7 Å². The molecule has 2 N–H and O–H groups in total. The zero-order valence-corrected chi connectivity index (χ0v) is 15.7. The van der Waals surface area contributed by atoms with E-state index in [2.05, 4.69) is 19.1 Å². The number of nitrogens with zero attached hydrogens (tertiary/aromatic N) is 1. The normalized spacial score (nSPS) is 23.4. The summed E-state index contributed by atoms with van der Waals surface area (Å²) in [5.41, 5.74) is 7.09. The average molecular weight is 361 g/mol. The minimum absolute atomic E-state index is 0. The van der Waals surface area contributed by atoms with E-state index < -0.39 is 10.0 Å². The lowest BCUT2D eigenvalue weighted by atomic mass is 9.89. The van der Waals surface area contributed by atoms with Crippen molar-refractivity contribution in [2.24, 2.45) is 17.6 Å². The second kappa shape index (κ2) is 9.02. The van der Waals surface area contributed by atoms with Crippen LogP contribution in [-0.2, 0) is 10.0 Å². The molecule has 1 aliphatic rings. The molecular formula is C17H29ClN2O2S. The molecule has 6 heteroatoms. The van der Waals surface area contributed by atoms with E-state index in [1.807, 2.05) is 25.1 Å². The molecule has 0 radical (unpaired) electrons. The molecular weight excluding hydrogens is 332 g/mol. The summed E-state index contributed by atoms with van der Waals surface area (Å²) in [5, 5.41) is 0. The number of nitrogens with two attached hydrogens (primary N) is 1. The van der Waals surface area contributed by atoms with E-state index in [4.69, 9.17) is 5.73 Å². The van der Waals surface area contributed by atoms with Gasteiger partial charge >= 0.3 is 0 Å². The lowest BCUT2D eigenvalue weighted by molar-refractivity contribution is 0.446. The van der Waals surface area contributed by atoms with E-state index in [0.29, 0.717) is 19.6 Å². The van der Waals surface area contributed by atoms with Gasteiger partial charge < -0.3 is 5.73 Å². The fraction of sp³-hybridized carbons (Fsp3) is 0.647. The first-order valence-corrected chi connectivity index (χ1v) is 9.81. The summed E-state index contributed by atoms with van der Waals surface area (Å²) >= 11 is 0. The van der Waals surface area contributed by atoms with E-state index in [0.717, 1.165) is 12.8 Å². The van der Waals surface area contributed by atoms with Crippen molar-refractivity contribution >= 4 is 22.4 Å². The van der Waals surface area contributed by atoms with Crippen LogP contribution in [0.25, 0.3) is 0 Å². The van der Waals surface area contributed by atoms with Crippen LogP contribution in [0, 0.1) is 11.8 Å². The van der Waals surface area contributed by atoms with Gasteiger partial charge in [-0.05, 0) is 30.4 Å². The van der Waals surface area contributed by atoms with Crippen LogP contribution in [-0.4, -0.2) is 38.1 Å². The average Bonchev–Trinajstić information content (AvgIpc) is 2.93. The molecule has 1 aromatic carbocycles. The highest BCUT2D eigenvalue weighted by Gasteiger charge is 2.38. The summed E-state index contributed by atoms with van der Waals surface area (Å²) in [7, 11) is -3.19. The third-order valence-electron chi connectivity index (χ3n) is 4.61. The minimum atomic E-state index is -3.19. The van der Waals surface area contributed by atoms with Gasteiger partial charge in [0.1, 0.15) is 0 Å². The maximum atomic E-state index is 12.6. The minimum Gasteiger partial charge on any atom is -0.330 e. The number of hydrogen-bond acceptors (Lipinski definition) is 3. The molecule has 0 aromatic heterocycles. The molecule has 0 amide bonds. The predicted molar refractivity (Wildman–Crippen MR) is 98.4 cm³/mol. The summed E-state index contributed by atoms with van der Waals surface area (Å²) in [6.45, 7) is 5.75. The largest absolute Gasteiger partial charge is 0.330 e. The van der Waals surface area contributed by atoms with Gasteiger partial charge in [0.15, 0.2) is 0 Å². The Hall–Kier alpha value is -0.620. The van der Waals surface area contributed by atoms with Gasteiger partial charge in [0.2, 0.25) is 10.0 Å². The summed E-state index contributed by atoms with van der Waals surface area (Å²) in [6.07, 6.45) is 1.98. The van der Waals surface area contributed by atoms with Crippen molar-refractivity contribution in [3.63, 3.8) is 0 Å². The summed E-state index contributed by atoms with van der Waals surface area (Å²) in [5.74, 6) is 0.878. The van der Waals surface area contributed by atoms with Crippen LogP contribution in [0.3, 0.4) is 0 Å². The Balaban J connectivity index is 0.00000264. The van der Waals surface area contributed by atoms with Crippen LogP contribution in [0.4, 0.5) is 0 Å². The lowest BCUT2D eigenvalue weighted by Crippen LogP contribution is -2.33. The second-order valence-corrected chi connectivity index (χ2v) is 8.52. The van der Waals surface area contributed by atoms with Crippen molar-refractivity contribution in [3.8, 4) is 0 Å². The molecule has 1 aliphatic heterocycles. The Bertz CT molecular complexity index is 565.